The molecule has 2 aromatic heterocycles. The first kappa shape index (κ1) is 26.8. The van der Waals surface area contributed by atoms with E-state index < -0.39 is 45.9 Å². The summed E-state index contributed by atoms with van der Waals surface area (Å²) in [6.07, 6.45) is 3.39. The molecule has 1 saturated heterocycles. The zero-order valence-corrected chi connectivity index (χ0v) is 21.7. The Labute approximate surface area is 208 Å². The topological polar surface area (TPSA) is 169 Å². The van der Waals surface area contributed by atoms with E-state index in [1.54, 1.807) is 19.4 Å². The highest BCUT2D eigenvalue weighted by Crippen LogP contribution is 2.23. The second-order valence-electron chi connectivity index (χ2n) is 9.08. The molecule has 0 bridgehead atoms. The number of nitrogens with two attached hydrogens (primary N) is 1. The fourth-order valence-corrected chi connectivity index (χ4v) is 5.82. The Morgan fingerprint density at radius 2 is 2.03 bits per heavy atom. The maximum Gasteiger partial charge on any atom is 0.274 e. The number of sulfonamides is 1. The third-order valence-electron chi connectivity index (χ3n) is 5.65. The molecule has 4 N–H and O–H groups in total. The molecule has 0 aliphatic carbocycles. The Morgan fingerprint density at radius 1 is 1.31 bits per heavy atom. The van der Waals surface area contributed by atoms with E-state index >= 15 is 0 Å². The average Bonchev–Trinajstić information content (AvgIpc) is 3.40. The van der Waals surface area contributed by atoms with Crippen molar-refractivity contribution in [3.63, 3.8) is 0 Å². The Morgan fingerprint density at radius 3 is 2.57 bits per heavy atom. The van der Waals surface area contributed by atoms with E-state index in [9.17, 15) is 22.8 Å². The number of amides is 3. The normalized spacial score (nSPS) is 19.5. The number of piperidine rings is 1. The lowest BCUT2D eigenvalue weighted by Crippen LogP contribution is -2.59. The van der Waals surface area contributed by atoms with Crippen molar-refractivity contribution >= 4 is 39.1 Å². The Kier molecular flexibility index (Phi) is 8.28. The number of primary amides is 1. The van der Waals surface area contributed by atoms with Crippen LogP contribution in [-0.2, 0) is 26.7 Å². The predicted molar refractivity (Wildman–Crippen MR) is 129 cm³/mol. The quantitative estimate of drug-likeness (QED) is 0.418. The molecule has 0 aromatic carbocycles. The number of carbonyl (C=O) groups is 3. The number of rotatable bonds is 9. The minimum Gasteiger partial charge on any atom is -0.368 e. The first-order chi connectivity index (χ1) is 16.4. The molecule has 0 saturated carbocycles. The standard InChI is InChI=1S/C21H31N7O5S2/c1-12(2)7-15(19(22)29)25-20(30)17-8-14(26-35(32,33)18-9-27(4)11-23-18)5-6-28(17)21(31)16-10-34-13(3)24-16/h9-12,14-15,17,26H,5-8H2,1-4H3,(H2,22,29)(H,25,30). The van der Waals surface area contributed by atoms with Gasteiger partial charge in [0.05, 0.1) is 11.3 Å². The minimum atomic E-state index is -3.93. The molecule has 3 heterocycles. The van der Waals surface area contributed by atoms with E-state index in [0.29, 0.717) is 11.4 Å². The monoisotopic (exact) mass is 525 g/mol. The molecule has 1 aliphatic rings. The molecule has 1 aliphatic heterocycles. The highest BCUT2D eigenvalue weighted by molar-refractivity contribution is 7.89. The number of aryl methyl sites for hydroxylation is 2. The van der Waals surface area contributed by atoms with Crippen LogP contribution in [0.4, 0.5) is 0 Å². The van der Waals surface area contributed by atoms with Crippen molar-refractivity contribution in [1.82, 2.24) is 29.5 Å². The first-order valence-corrected chi connectivity index (χ1v) is 13.6. The van der Waals surface area contributed by atoms with E-state index in [0.717, 1.165) is 0 Å². The highest BCUT2D eigenvalue weighted by Gasteiger charge is 2.40. The van der Waals surface area contributed by atoms with Gasteiger partial charge in [-0.25, -0.2) is 23.1 Å². The molecule has 2 aromatic rings. The molecule has 35 heavy (non-hydrogen) atoms. The highest BCUT2D eigenvalue weighted by atomic mass is 32.2. The number of nitrogens with one attached hydrogen (secondary N) is 2. The van der Waals surface area contributed by atoms with Gasteiger partial charge < -0.3 is 20.5 Å². The van der Waals surface area contributed by atoms with Gasteiger partial charge in [0.1, 0.15) is 17.8 Å². The van der Waals surface area contributed by atoms with Crippen LogP contribution in [0.15, 0.2) is 22.9 Å². The number of hydrogen-bond acceptors (Lipinski definition) is 8. The Bertz CT molecular complexity index is 1190. The molecule has 3 amide bonds. The summed E-state index contributed by atoms with van der Waals surface area (Å²) in [7, 11) is -2.27. The molecule has 1 fully saturated rings. The van der Waals surface area contributed by atoms with Crippen LogP contribution in [0.2, 0.25) is 0 Å². The van der Waals surface area contributed by atoms with Gasteiger partial charge in [0.2, 0.25) is 11.8 Å². The number of nitrogens with zero attached hydrogens (tertiary/aromatic N) is 4. The van der Waals surface area contributed by atoms with Gasteiger partial charge in [-0.3, -0.25) is 14.4 Å². The molecule has 3 unspecified atom stereocenters. The Balaban J connectivity index is 1.83. The van der Waals surface area contributed by atoms with Crippen molar-refractivity contribution in [2.45, 2.75) is 63.2 Å². The SMILES string of the molecule is Cc1nc(C(=O)N2CCC(NS(=O)(=O)c3cn(C)cn3)CC2C(=O)NC(CC(C)C)C(N)=O)cs1. The number of imidazole rings is 1. The van der Waals surface area contributed by atoms with Gasteiger partial charge in [-0.2, -0.15) is 0 Å². The molecular weight excluding hydrogens is 494 g/mol. The third kappa shape index (κ3) is 6.64. The van der Waals surface area contributed by atoms with Gasteiger partial charge >= 0.3 is 0 Å². The van der Waals surface area contributed by atoms with Crippen molar-refractivity contribution in [3.05, 3.63) is 28.6 Å². The summed E-state index contributed by atoms with van der Waals surface area (Å²) in [5.74, 6) is -1.59. The predicted octanol–water partition coefficient (Wildman–Crippen LogP) is 0.153. The molecule has 3 atom stereocenters. The summed E-state index contributed by atoms with van der Waals surface area (Å²) in [5.41, 5.74) is 5.70. The van der Waals surface area contributed by atoms with Crippen molar-refractivity contribution in [1.29, 1.82) is 0 Å². The van der Waals surface area contributed by atoms with Crippen LogP contribution in [-0.4, -0.2) is 70.2 Å². The molecule has 0 radical (unpaired) electrons. The maximum atomic E-state index is 13.3. The van der Waals surface area contributed by atoms with Gasteiger partial charge in [0.25, 0.3) is 15.9 Å². The number of hydrogen-bond donors (Lipinski definition) is 3. The van der Waals surface area contributed by atoms with Gasteiger partial charge in [-0.15, -0.1) is 11.3 Å². The van der Waals surface area contributed by atoms with Crippen molar-refractivity contribution < 1.29 is 22.8 Å². The number of aromatic nitrogens is 3. The number of likely N-dealkylation sites (tertiary alicyclic amines) is 1. The van der Waals surface area contributed by atoms with Crippen molar-refractivity contribution in [3.8, 4) is 0 Å². The van der Waals surface area contributed by atoms with E-state index in [2.05, 4.69) is 20.0 Å². The third-order valence-corrected chi connectivity index (χ3v) is 7.83. The second-order valence-corrected chi connectivity index (χ2v) is 11.8. The number of carbonyl (C=O) groups excluding carboxylic acids is 3. The van der Waals surface area contributed by atoms with Gasteiger partial charge in [-0.05, 0) is 32.1 Å². The Hall–Kier alpha value is -2.84. The lowest BCUT2D eigenvalue weighted by Gasteiger charge is -2.38. The van der Waals surface area contributed by atoms with Crippen molar-refractivity contribution in [2.75, 3.05) is 6.54 Å². The summed E-state index contributed by atoms with van der Waals surface area (Å²) in [6, 6.07) is -2.56. The summed E-state index contributed by atoms with van der Waals surface area (Å²) in [6.45, 7) is 5.68. The van der Waals surface area contributed by atoms with Gasteiger partial charge in [0.15, 0.2) is 5.03 Å². The van der Waals surface area contributed by atoms with E-state index in [4.69, 9.17) is 5.73 Å². The largest absolute Gasteiger partial charge is 0.368 e. The average molecular weight is 526 g/mol. The van der Waals surface area contributed by atoms with Crippen LogP contribution in [0.5, 0.6) is 0 Å². The van der Waals surface area contributed by atoms with E-state index in [-0.39, 0.29) is 36.0 Å². The second kappa shape index (κ2) is 10.8. The van der Waals surface area contributed by atoms with E-state index in [1.807, 2.05) is 13.8 Å². The summed E-state index contributed by atoms with van der Waals surface area (Å²) in [5, 5.41) is 4.85. The van der Waals surface area contributed by atoms with Crippen LogP contribution in [0.25, 0.3) is 0 Å². The molecule has 3 rings (SSSR count). The molecular formula is C21H31N7O5S2. The van der Waals surface area contributed by atoms with Crippen LogP contribution in [0, 0.1) is 12.8 Å². The van der Waals surface area contributed by atoms with E-state index in [1.165, 1.54) is 33.3 Å². The molecule has 14 heteroatoms. The first-order valence-electron chi connectivity index (χ1n) is 11.2. The maximum absolute atomic E-state index is 13.3. The summed E-state index contributed by atoms with van der Waals surface area (Å²) < 4.78 is 29.7. The number of thiazole rings is 1. The van der Waals surface area contributed by atoms with Crippen LogP contribution < -0.4 is 15.8 Å². The van der Waals surface area contributed by atoms with Crippen LogP contribution >= 0.6 is 11.3 Å². The van der Waals surface area contributed by atoms with Crippen LogP contribution in [0.3, 0.4) is 0 Å². The fourth-order valence-electron chi connectivity index (χ4n) is 3.97. The zero-order chi connectivity index (χ0) is 25.9. The van der Waals surface area contributed by atoms with Crippen molar-refractivity contribution in [2.24, 2.45) is 18.7 Å². The zero-order valence-electron chi connectivity index (χ0n) is 20.1. The van der Waals surface area contributed by atoms with Gasteiger partial charge in [0, 0.05) is 31.2 Å². The smallest absolute Gasteiger partial charge is 0.274 e. The minimum absolute atomic E-state index is 0.0138. The molecule has 192 valence electrons. The summed E-state index contributed by atoms with van der Waals surface area (Å²) >= 11 is 1.31. The lowest BCUT2D eigenvalue weighted by atomic mass is 9.95. The summed E-state index contributed by atoms with van der Waals surface area (Å²) in [4.78, 5) is 47.9. The van der Waals surface area contributed by atoms with Crippen LogP contribution in [0.1, 0.15) is 48.6 Å². The molecule has 12 nitrogen and oxygen atoms in total. The van der Waals surface area contributed by atoms with Gasteiger partial charge in [-0.1, -0.05) is 13.8 Å². The molecule has 0 spiro atoms. The lowest BCUT2D eigenvalue weighted by molar-refractivity contribution is -0.131. The fraction of sp³-hybridized carbons (Fsp3) is 0.571.